The van der Waals surface area contributed by atoms with Gasteiger partial charge in [-0.15, -0.1) is 0 Å². The normalized spacial score (nSPS) is 21.7. The number of hydrogen-bond donors (Lipinski definition) is 2. The summed E-state index contributed by atoms with van der Waals surface area (Å²) in [7, 11) is 1.91. The van der Waals surface area contributed by atoms with Gasteiger partial charge < -0.3 is 10.2 Å². The van der Waals surface area contributed by atoms with Gasteiger partial charge in [-0.05, 0) is 25.0 Å². The van der Waals surface area contributed by atoms with Crippen LogP contribution in [0.1, 0.15) is 44.1 Å². The lowest BCUT2D eigenvalue weighted by atomic mass is 9.90. The molecule has 1 saturated carbocycles. The largest absolute Gasteiger partial charge is 0.329 e. The average molecular weight is 334 g/mol. The predicted octanol–water partition coefficient (Wildman–Crippen LogP) is 1.44. The van der Waals surface area contributed by atoms with Gasteiger partial charge in [-0.1, -0.05) is 37.8 Å². The van der Waals surface area contributed by atoms with E-state index in [0.29, 0.717) is 13.2 Å². The number of carbonyl (C=O) groups excluding carboxylic acids is 2. The number of nitrogens with one attached hydrogen (secondary N) is 2. The molecule has 3 rings (SSSR count). The smallest absolute Gasteiger partial charge is 0.323 e. The number of benzene rings is 1. The lowest BCUT2D eigenvalue weighted by Gasteiger charge is -2.25. The number of urea groups is 1. The fraction of sp³-hybridized carbons (Fsp3) is 0.556. The van der Waals surface area contributed by atoms with Crippen molar-refractivity contribution < 1.29 is 18.9 Å². The first-order valence-corrected chi connectivity index (χ1v) is 8.70. The molecule has 130 valence electrons. The van der Waals surface area contributed by atoms with E-state index in [2.05, 4.69) is 5.32 Å². The van der Waals surface area contributed by atoms with Gasteiger partial charge in [0.1, 0.15) is 17.9 Å². The molecule has 1 aromatic carbocycles. The molecule has 1 aliphatic carbocycles. The van der Waals surface area contributed by atoms with E-state index >= 15 is 0 Å². The predicted molar refractivity (Wildman–Crippen MR) is 87.7 cm³/mol. The van der Waals surface area contributed by atoms with Crippen molar-refractivity contribution in [3.8, 4) is 0 Å². The summed E-state index contributed by atoms with van der Waals surface area (Å²) in [6, 6.07) is 6.13. The Morgan fingerprint density at radius 3 is 2.58 bits per heavy atom. The zero-order valence-corrected chi connectivity index (χ0v) is 14.1. The second-order valence-electron chi connectivity index (χ2n) is 7.08. The minimum atomic E-state index is -0.688. The van der Waals surface area contributed by atoms with Crippen LogP contribution < -0.4 is 10.2 Å². The molecule has 1 aromatic rings. The van der Waals surface area contributed by atoms with Crippen molar-refractivity contribution in [1.82, 2.24) is 10.2 Å². The van der Waals surface area contributed by atoms with Gasteiger partial charge in [0.2, 0.25) is 0 Å². The Morgan fingerprint density at radius 1 is 1.21 bits per heavy atom. The van der Waals surface area contributed by atoms with Crippen molar-refractivity contribution in [1.29, 1.82) is 0 Å². The maximum atomic E-state index is 13.3. The van der Waals surface area contributed by atoms with E-state index in [1.165, 1.54) is 17.0 Å². The second kappa shape index (κ2) is 6.89. The van der Waals surface area contributed by atoms with Crippen molar-refractivity contribution >= 4 is 11.9 Å². The maximum Gasteiger partial charge on any atom is 0.329 e. The molecule has 24 heavy (non-hydrogen) atoms. The lowest BCUT2D eigenvalue weighted by molar-refractivity contribution is -0.901. The molecule has 0 bridgehead atoms. The van der Waals surface area contributed by atoms with Gasteiger partial charge in [0.15, 0.2) is 6.67 Å². The Balaban J connectivity index is 1.66. The fourth-order valence-corrected chi connectivity index (χ4v) is 3.81. The van der Waals surface area contributed by atoms with E-state index in [1.54, 1.807) is 6.07 Å². The Hall–Kier alpha value is -1.95. The summed E-state index contributed by atoms with van der Waals surface area (Å²) < 4.78 is 13.3. The summed E-state index contributed by atoms with van der Waals surface area (Å²) in [5, 5.41) is 2.95. The van der Waals surface area contributed by atoms with E-state index in [-0.39, 0.29) is 17.8 Å². The Labute approximate surface area is 141 Å². The second-order valence-corrected chi connectivity index (χ2v) is 7.08. The average Bonchev–Trinajstić information content (AvgIpc) is 2.71. The molecule has 2 aliphatic rings. The van der Waals surface area contributed by atoms with Crippen LogP contribution in [0.3, 0.4) is 0 Å². The molecule has 1 spiro atoms. The van der Waals surface area contributed by atoms with Crippen LogP contribution >= 0.6 is 0 Å². The van der Waals surface area contributed by atoms with Gasteiger partial charge in [-0.2, -0.15) is 0 Å². The van der Waals surface area contributed by atoms with Gasteiger partial charge in [-0.25, -0.2) is 14.1 Å². The van der Waals surface area contributed by atoms with E-state index in [0.717, 1.165) is 49.0 Å². The van der Waals surface area contributed by atoms with Gasteiger partial charge in [-0.3, -0.25) is 4.79 Å². The van der Waals surface area contributed by atoms with Crippen molar-refractivity contribution in [2.45, 2.75) is 50.6 Å². The number of halogens is 1. The number of quaternary nitrogens is 1. The number of rotatable bonds is 4. The number of nitrogens with zero attached hydrogens (tertiary/aromatic N) is 1. The number of carbonyl (C=O) groups is 2. The quantitative estimate of drug-likeness (QED) is 0.819. The van der Waals surface area contributed by atoms with Crippen LogP contribution in [-0.4, -0.2) is 36.1 Å². The zero-order chi connectivity index (χ0) is 17.2. The summed E-state index contributed by atoms with van der Waals surface area (Å²) in [6.45, 7) is 0.852. The Bertz CT molecular complexity index is 626. The standard InChI is InChI=1S/C18H24FN3O2/c1-21(12-14-7-6-8-15(19)11-14)13-22-16(23)18(20-17(22)24)9-4-2-3-5-10-18/h6-8,11H,2-5,9-10,12-13H2,1H3,(H,20,24)/p+1. The lowest BCUT2D eigenvalue weighted by Crippen LogP contribution is -3.09. The van der Waals surface area contributed by atoms with Crippen LogP contribution in [0.5, 0.6) is 0 Å². The number of imide groups is 1. The van der Waals surface area contributed by atoms with Gasteiger partial charge in [0.05, 0.1) is 7.05 Å². The van der Waals surface area contributed by atoms with Crippen LogP contribution in [0.15, 0.2) is 24.3 Å². The van der Waals surface area contributed by atoms with E-state index in [4.69, 9.17) is 0 Å². The molecule has 2 N–H and O–H groups in total. The van der Waals surface area contributed by atoms with Crippen molar-refractivity contribution in [3.63, 3.8) is 0 Å². The highest BCUT2D eigenvalue weighted by Crippen LogP contribution is 2.32. The molecule has 1 saturated heterocycles. The maximum absolute atomic E-state index is 13.3. The van der Waals surface area contributed by atoms with E-state index < -0.39 is 5.54 Å². The third-order valence-electron chi connectivity index (χ3n) is 5.03. The molecule has 1 aliphatic heterocycles. The van der Waals surface area contributed by atoms with Crippen molar-refractivity contribution in [2.24, 2.45) is 0 Å². The molecule has 1 heterocycles. The minimum Gasteiger partial charge on any atom is -0.323 e. The Morgan fingerprint density at radius 2 is 1.92 bits per heavy atom. The van der Waals surface area contributed by atoms with Crippen LogP contribution in [0.25, 0.3) is 0 Å². The van der Waals surface area contributed by atoms with Crippen LogP contribution in [0.4, 0.5) is 9.18 Å². The SMILES string of the molecule is C[NH+](Cc1cccc(F)c1)CN1C(=O)NC2(CCCCCC2)C1=O. The summed E-state index contributed by atoms with van der Waals surface area (Å²) >= 11 is 0. The molecule has 3 amide bonds. The highest BCUT2D eigenvalue weighted by Gasteiger charge is 2.51. The molecular weight excluding hydrogens is 309 g/mol. The zero-order valence-electron chi connectivity index (χ0n) is 14.1. The van der Waals surface area contributed by atoms with Crippen LogP contribution in [0.2, 0.25) is 0 Å². The number of amides is 3. The van der Waals surface area contributed by atoms with Crippen molar-refractivity contribution in [2.75, 3.05) is 13.7 Å². The first kappa shape index (κ1) is 16.9. The molecule has 0 aromatic heterocycles. The van der Waals surface area contributed by atoms with Crippen molar-refractivity contribution in [3.05, 3.63) is 35.6 Å². The topological polar surface area (TPSA) is 53.9 Å². The number of hydrogen-bond acceptors (Lipinski definition) is 2. The highest BCUT2D eigenvalue weighted by atomic mass is 19.1. The van der Waals surface area contributed by atoms with Gasteiger partial charge in [0.25, 0.3) is 5.91 Å². The highest BCUT2D eigenvalue weighted by molar-refractivity contribution is 6.06. The monoisotopic (exact) mass is 334 g/mol. The van der Waals surface area contributed by atoms with Gasteiger partial charge >= 0.3 is 6.03 Å². The molecule has 6 heteroatoms. The summed E-state index contributed by atoms with van der Waals surface area (Å²) in [4.78, 5) is 27.5. The fourth-order valence-electron chi connectivity index (χ4n) is 3.81. The first-order chi connectivity index (χ1) is 11.5. The molecule has 0 radical (unpaired) electrons. The molecule has 1 atom stereocenters. The molecule has 5 nitrogen and oxygen atoms in total. The molecule has 2 fully saturated rings. The Kier molecular flexibility index (Phi) is 4.85. The van der Waals surface area contributed by atoms with E-state index in [1.807, 2.05) is 13.1 Å². The summed E-state index contributed by atoms with van der Waals surface area (Å²) in [6.07, 6.45) is 5.66. The molecule has 1 unspecified atom stereocenters. The first-order valence-electron chi connectivity index (χ1n) is 8.70. The summed E-state index contributed by atoms with van der Waals surface area (Å²) in [5.41, 5.74) is 0.163. The third kappa shape index (κ3) is 3.43. The summed E-state index contributed by atoms with van der Waals surface area (Å²) in [5.74, 6) is -0.360. The molecular formula is C18H25FN3O2+. The van der Waals surface area contributed by atoms with Gasteiger partial charge in [0, 0.05) is 5.56 Å². The van der Waals surface area contributed by atoms with Crippen LogP contribution in [-0.2, 0) is 11.3 Å². The third-order valence-corrected chi connectivity index (χ3v) is 5.03. The van der Waals surface area contributed by atoms with Crippen LogP contribution in [0, 0.1) is 5.82 Å². The van der Waals surface area contributed by atoms with E-state index in [9.17, 15) is 14.0 Å². The minimum absolute atomic E-state index is 0.0898.